The fraction of sp³-hybridized carbons (Fsp3) is 0.500. The summed E-state index contributed by atoms with van der Waals surface area (Å²) in [6, 6.07) is 7.40. The quantitative estimate of drug-likeness (QED) is 0.795. The highest BCUT2D eigenvalue weighted by Gasteiger charge is 2.16. The van der Waals surface area contributed by atoms with E-state index >= 15 is 0 Å². The van der Waals surface area contributed by atoms with E-state index in [4.69, 9.17) is 10.5 Å². The molecule has 0 unspecified atom stereocenters. The lowest BCUT2D eigenvalue weighted by atomic mass is 10.1. The molecule has 1 fully saturated rings. The van der Waals surface area contributed by atoms with Gasteiger partial charge in [-0.15, -0.1) is 0 Å². The number of nitrogens with two attached hydrogens (primary N) is 1. The van der Waals surface area contributed by atoms with Crippen LogP contribution in [0.2, 0.25) is 0 Å². The Kier molecular flexibility index (Phi) is 4.15. The molecule has 0 aliphatic heterocycles. The molecule has 1 aromatic carbocycles. The van der Waals surface area contributed by atoms with Crippen LogP contribution in [-0.2, 0) is 0 Å². The van der Waals surface area contributed by atoms with Crippen LogP contribution in [0.5, 0.6) is 5.75 Å². The van der Waals surface area contributed by atoms with E-state index in [1.165, 1.54) is 12.8 Å². The predicted octanol–water partition coefficient (Wildman–Crippen LogP) is 2.54. The largest absolute Gasteiger partial charge is 0.490 e. The highest BCUT2D eigenvalue weighted by atomic mass is 16.5. The maximum Gasteiger partial charge on any atom is 0.164 e. The lowest BCUT2D eigenvalue weighted by Crippen LogP contribution is -2.11. The molecule has 0 spiro atoms. The van der Waals surface area contributed by atoms with Gasteiger partial charge in [-0.1, -0.05) is 0 Å². The number of carbonyl (C=O) groups excluding carboxylic acids is 1. The Balaban J connectivity index is 1.94. The zero-order chi connectivity index (χ0) is 12.1. The molecule has 3 heteroatoms. The minimum absolute atomic E-state index is 0.0971. The molecular weight excluding hydrogens is 214 g/mol. The van der Waals surface area contributed by atoms with Crippen molar-refractivity contribution in [2.75, 3.05) is 6.54 Å². The summed E-state index contributed by atoms with van der Waals surface area (Å²) in [5.41, 5.74) is 6.08. The predicted molar refractivity (Wildman–Crippen MR) is 67.3 cm³/mol. The van der Waals surface area contributed by atoms with Gasteiger partial charge in [-0.25, -0.2) is 0 Å². The summed E-state index contributed by atoms with van der Waals surface area (Å²) in [5, 5.41) is 0. The zero-order valence-corrected chi connectivity index (χ0v) is 10.0. The van der Waals surface area contributed by atoms with Crippen molar-refractivity contribution in [2.24, 2.45) is 5.73 Å². The average molecular weight is 233 g/mol. The first-order valence-electron chi connectivity index (χ1n) is 6.29. The second kappa shape index (κ2) is 5.82. The van der Waals surface area contributed by atoms with Gasteiger partial charge >= 0.3 is 0 Å². The maximum absolute atomic E-state index is 11.6. The van der Waals surface area contributed by atoms with E-state index in [9.17, 15) is 4.79 Å². The molecule has 0 atom stereocenters. The van der Waals surface area contributed by atoms with Crippen molar-refractivity contribution in [2.45, 2.75) is 38.2 Å². The monoisotopic (exact) mass is 233 g/mol. The molecular formula is C14H19NO2. The fourth-order valence-corrected chi connectivity index (χ4v) is 2.19. The SMILES string of the molecule is NCCC(=O)c1ccc(OC2CCCC2)cc1. The minimum atomic E-state index is 0.0971. The fourth-order valence-electron chi connectivity index (χ4n) is 2.19. The molecule has 0 radical (unpaired) electrons. The van der Waals surface area contributed by atoms with Gasteiger partial charge in [0.1, 0.15) is 5.75 Å². The number of ether oxygens (including phenoxy) is 1. The maximum atomic E-state index is 11.6. The van der Waals surface area contributed by atoms with E-state index < -0.39 is 0 Å². The van der Waals surface area contributed by atoms with Crippen LogP contribution in [0, 0.1) is 0 Å². The van der Waals surface area contributed by atoms with E-state index in [0.29, 0.717) is 24.6 Å². The summed E-state index contributed by atoms with van der Waals surface area (Å²) >= 11 is 0. The van der Waals surface area contributed by atoms with Crippen LogP contribution in [0.4, 0.5) is 0 Å². The topological polar surface area (TPSA) is 52.3 Å². The van der Waals surface area contributed by atoms with Crippen LogP contribution in [0.1, 0.15) is 42.5 Å². The van der Waals surface area contributed by atoms with Crippen molar-refractivity contribution < 1.29 is 9.53 Å². The number of ketones is 1. The Morgan fingerprint density at radius 2 is 1.88 bits per heavy atom. The van der Waals surface area contributed by atoms with Crippen LogP contribution in [0.25, 0.3) is 0 Å². The van der Waals surface area contributed by atoms with Crippen molar-refractivity contribution in [3.05, 3.63) is 29.8 Å². The van der Waals surface area contributed by atoms with E-state index in [2.05, 4.69) is 0 Å². The minimum Gasteiger partial charge on any atom is -0.490 e. The molecule has 0 bridgehead atoms. The number of hydrogen-bond acceptors (Lipinski definition) is 3. The molecule has 0 aromatic heterocycles. The molecule has 2 rings (SSSR count). The molecule has 0 heterocycles. The van der Waals surface area contributed by atoms with E-state index in [-0.39, 0.29) is 5.78 Å². The van der Waals surface area contributed by atoms with Gasteiger partial charge in [0.2, 0.25) is 0 Å². The molecule has 1 aliphatic carbocycles. The smallest absolute Gasteiger partial charge is 0.164 e. The Hall–Kier alpha value is -1.35. The van der Waals surface area contributed by atoms with Crippen molar-refractivity contribution >= 4 is 5.78 Å². The van der Waals surface area contributed by atoms with Crippen molar-refractivity contribution in [3.63, 3.8) is 0 Å². The van der Waals surface area contributed by atoms with Gasteiger partial charge in [-0.3, -0.25) is 4.79 Å². The molecule has 92 valence electrons. The number of rotatable bonds is 5. The summed E-state index contributed by atoms with van der Waals surface area (Å²) < 4.78 is 5.83. The highest BCUT2D eigenvalue weighted by molar-refractivity contribution is 5.96. The third-order valence-electron chi connectivity index (χ3n) is 3.15. The molecule has 1 aromatic rings. The molecule has 0 saturated heterocycles. The summed E-state index contributed by atoms with van der Waals surface area (Å²) in [4.78, 5) is 11.6. The normalized spacial score (nSPS) is 16.1. The summed E-state index contributed by atoms with van der Waals surface area (Å²) in [7, 11) is 0. The van der Waals surface area contributed by atoms with Crippen molar-refractivity contribution in [1.29, 1.82) is 0 Å². The lowest BCUT2D eigenvalue weighted by molar-refractivity contribution is 0.0985. The van der Waals surface area contributed by atoms with E-state index in [1.54, 1.807) is 0 Å². The van der Waals surface area contributed by atoms with E-state index in [0.717, 1.165) is 18.6 Å². The molecule has 3 nitrogen and oxygen atoms in total. The Morgan fingerprint density at radius 1 is 1.24 bits per heavy atom. The molecule has 17 heavy (non-hydrogen) atoms. The van der Waals surface area contributed by atoms with Crippen LogP contribution in [0.3, 0.4) is 0 Å². The third kappa shape index (κ3) is 3.30. The number of benzene rings is 1. The van der Waals surface area contributed by atoms with Gasteiger partial charge in [0.15, 0.2) is 5.78 Å². The van der Waals surface area contributed by atoms with Gasteiger partial charge in [0.05, 0.1) is 6.10 Å². The van der Waals surface area contributed by atoms with E-state index in [1.807, 2.05) is 24.3 Å². The second-order valence-corrected chi connectivity index (χ2v) is 4.51. The Morgan fingerprint density at radius 3 is 2.47 bits per heavy atom. The van der Waals surface area contributed by atoms with Crippen LogP contribution < -0.4 is 10.5 Å². The Bertz CT molecular complexity index is 366. The van der Waals surface area contributed by atoms with Crippen LogP contribution in [0.15, 0.2) is 24.3 Å². The van der Waals surface area contributed by atoms with Crippen molar-refractivity contribution in [1.82, 2.24) is 0 Å². The zero-order valence-electron chi connectivity index (χ0n) is 10.0. The first-order valence-corrected chi connectivity index (χ1v) is 6.29. The molecule has 0 amide bonds. The van der Waals surface area contributed by atoms with Gasteiger partial charge in [0.25, 0.3) is 0 Å². The molecule has 1 aliphatic rings. The van der Waals surface area contributed by atoms with Crippen molar-refractivity contribution in [3.8, 4) is 5.75 Å². The van der Waals surface area contributed by atoms with Gasteiger partial charge in [0, 0.05) is 12.0 Å². The second-order valence-electron chi connectivity index (χ2n) is 4.51. The third-order valence-corrected chi connectivity index (χ3v) is 3.15. The molecule has 1 saturated carbocycles. The summed E-state index contributed by atoms with van der Waals surface area (Å²) in [6.45, 7) is 0.402. The standard InChI is InChI=1S/C14H19NO2/c15-10-9-14(16)11-5-7-13(8-6-11)17-12-3-1-2-4-12/h5-8,12H,1-4,9-10,15H2. The summed E-state index contributed by atoms with van der Waals surface area (Å²) in [6.07, 6.45) is 5.58. The van der Waals surface area contributed by atoms with Gasteiger partial charge in [-0.05, 0) is 56.5 Å². The number of Topliss-reactive ketones (excluding diaryl/α,β-unsaturated/α-hetero) is 1. The highest BCUT2D eigenvalue weighted by Crippen LogP contribution is 2.24. The number of carbonyl (C=O) groups is 1. The first kappa shape index (κ1) is 12.1. The Labute approximate surface area is 102 Å². The first-order chi connectivity index (χ1) is 8.29. The van der Waals surface area contributed by atoms with Gasteiger partial charge in [-0.2, -0.15) is 0 Å². The summed E-state index contributed by atoms with van der Waals surface area (Å²) in [5.74, 6) is 0.959. The number of hydrogen-bond donors (Lipinski definition) is 1. The van der Waals surface area contributed by atoms with Gasteiger partial charge < -0.3 is 10.5 Å². The van der Waals surface area contributed by atoms with Crippen LogP contribution in [-0.4, -0.2) is 18.4 Å². The average Bonchev–Trinajstić information content (AvgIpc) is 2.83. The van der Waals surface area contributed by atoms with Crippen LogP contribution >= 0.6 is 0 Å². The molecule has 2 N–H and O–H groups in total. The lowest BCUT2D eigenvalue weighted by Gasteiger charge is -2.13.